The molecular formula is C16H26N2O3. The van der Waals surface area contributed by atoms with Gasteiger partial charge >= 0.3 is 0 Å². The molecule has 1 fully saturated rings. The second-order valence-electron chi connectivity index (χ2n) is 5.80. The van der Waals surface area contributed by atoms with Crippen LogP contribution in [0.2, 0.25) is 0 Å². The molecule has 0 unspecified atom stereocenters. The van der Waals surface area contributed by atoms with Crippen molar-refractivity contribution in [1.29, 1.82) is 0 Å². The van der Waals surface area contributed by atoms with Gasteiger partial charge in [0.05, 0.1) is 12.2 Å². The van der Waals surface area contributed by atoms with E-state index in [1.165, 1.54) is 0 Å². The topological polar surface area (TPSA) is 68.0 Å². The number of hydrogen-bond donors (Lipinski definition) is 2. The lowest BCUT2D eigenvalue weighted by Gasteiger charge is -2.36. The number of benzene rings is 1. The number of ether oxygens (including phenoxy) is 2. The van der Waals surface area contributed by atoms with Crippen molar-refractivity contribution in [2.45, 2.75) is 31.8 Å². The fraction of sp³-hybridized carbons (Fsp3) is 0.625. The first kappa shape index (κ1) is 15.9. The maximum Gasteiger partial charge on any atom is 0.123 e. The Morgan fingerprint density at radius 2 is 2.05 bits per heavy atom. The van der Waals surface area contributed by atoms with E-state index in [4.69, 9.17) is 15.2 Å². The molecule has 1 aliphatic rings. The van der Waals surface area contributed by atoms with Gasteiger partial charge in [-0.25, -0.2) is 0 Å². The zero-order valence-electron chi connectivity index (χ0n) is 13.0. The number of nitrogen functional groups attached to an aromatic ring is 1. The van der Waals surface area contributed by atoms with Crippen LogP contribution < -0.4 is 15.4 Å². The summed E-state index contributed by atoms with van der Waals surface area (Å²) in [6, 6.07) is 5.70. The van der Waals surface area contributed by atoms with Crippen LogP contribution in [0.1, 0.15) is 26.2 Å². The van der Waals surface area contributed by atoms with Crippen LogP contribution >= 0.6 is 0 Å². The molecule has 118 valence electrons. The van der Waals surface area contributed by atoms with E-state index in [1.54, 1.807) is 0 Å². The number of anilines is 2. The van der Waals surface area contributed by atoms with Gasteiger partial charge in [0.25, 0.3) is 0 Å². The van der Waals surface area contributed by atoms with E-state index in [-0.39, 0.29) is 0 Å². The molecule has 0 aliphatic carbocycles. The fourth-order valence-corrected chi connectivity index (χ4v) is 2.57. The summed E-state index contributed by atoms with van der Waals surface area (Å²) >= 11 is 0. The van der Waals surface area contributed by atoms with Crippen molar-refractivity contribution in [2.24, 2.45) is 0 Å². The minimum atomic E-state index is -0.692. The highest BCUT2D eigenvalue weighted by Crippen LogP contribution is 2.28. The summed E-state index contributed by atoms with van der Waals surface area (Å²) < 4.78 is 11.0. The Bertz CT molecular complexity index is 459. The lowest BCUT2D eigenvalue weighted by Crippen LogP contribution is -2.45. The Kier molecular flexibility index (Phi) is 5.31. The van der Waals surface area contributed by atoms with E-state index in [0.717, 1.165) is 17.9 Å². The number of nitrogens with two attached hydrogens (primary N) is 1. The minimum absolute atomic E-state index is 0.563. The Hall–Kier alpha value is -1.46. The van der Waals surface area contributed by atoms with Gasteiger partial charge in [0.2, 0.25) is 0 Å². The first-order valence-corrected chi connectivity index (χ1v) is 7.57. The van der Waals surface area contributed by atoms with Crippen LogP contribution in [0.4, 0.5) is 11.4 Å². The highest BCUT2D eigenvalue weighted by atomic mass is 16.5. The van der Waals surface area contributed by atoms with Gasteiger partial charge in [-0.05, 0) is 12.5 Å². The first-order valence-electron chi connectivity index (χ1n) is 7.57. The lowest BCUT2D eigenvalue weighted by molar-refractivity contribution is -0.0572. The van der Waals surface area contributed by atoms with Gasteiger partial charge in [-0.2, -0.15) is 0 Å². The van der Waals surface area contributed by atoms with Crippen LogP contribution in [0.15, 0.2) is 18.2 Å². The maximum atomic E-state index is 10.6. The third-order valence-electron chi connectivity index (χ3n) is 3.78. The van der Waals surface area contributed by atoms with E-state index in [1.807, 2.05) is 30.1 Å². The first-order chi connectivity index (χ1) is 10.0. The van der Waals surface area contributed by atoms with Gasteiger partial charge in [-0.1, -0.05) is 6.92 Å². The Morgan fingerprint density at radius 1 is 1.33 bits per heavy atom. The van der Waals surface area contributed by atoms with E-state index in [0.29, 0.717) is 44.9 Å². The van der Waals surface area contributed by atoms with Crippen molar-refractivity contribution in [2.75, 3.05) is 44.0 Å². The van der Waals surface area contributed by atoms with Crippen molar-refractivity contribution < 1.29 is 14.6 Å². The standard InChI is InChI=1S/C16H26N2O3/c1-3-6-21-15-10-13(17)9-14(11-15)18(2)12-16(19)4-7-20-8-5-16/h9-11,19H,3-8,12,17H2,1-2H3. The largest absolute Gasteiger partial charge is 0.493 e. The minimum Gasteiger partial charge on any atom is -0.493 e. The summed E-state index contributed by atoms with van der Waals surface area (Å²) in [5.41, 5.74) is 6.88. The quantitative estimate of drug-likeness (QED) is 0.786. The molecule has 0 amide bonds. The molecule has 0 saturated carbocycles. The summed E-state index contributed by atoms with van der Waals surface area (Å²) in [4.78, 5) is 2.03. The smallest absolute Gasteiger partial charge is 0.123 e. The molecule has 2 rings (SSSR count). The number of likely N-dealkylation sites (N-methyl/N-ethyl adjacent to an activating group) is 1. The molecule has 1 aliphatic heterocycles. The van der Waals surface area contributed by atoms with E-state index in [2.05, 4.69) is 6.92 Å². The fourth-order valence-electron chi connectivity index (χ4n) is 2.57. The highest BCUT2D eigenvalue weighted by Gasteiger charge is 2.31. The molecule has 1 saturated heterocycles. The summed E-state index contributed by atoms with van der Waals surface area (Å²) in [7, 11) is 1.96. The van der Waals surface area contributed by atoms with Crippen molar-refractivity contribution in [3.05, 3.63) is 18.2 Å². The zero-order chi connectivity index (χ0) is 15.3. The molecule has 21 heavy (non-hydrogen) atoms. The van der Waals surface area contributed by atoms with Crippen LogP contribution in [0, 0.1) is 0 Å². The number of nitrogens with zero attached hydrogens (tertiary/aromatic N) is 1. The van der Waals surface area contributed by atoms with Gasteiger partial charge in [0.1, 0.15) is 5.75 Å². The Balaban J connectivity index is 2.07. The number of rotatable bonds is 6. The summed E-state index contributed by atoms with van der Waals surface area (Å²) in [6.45, 7) is 4.54. The maximum absolute atomic E-state index is 10.6. The summed E-state index contributed by atoms with van der Waals surface area (Å²) in [6.07, 6.45) is 2.29. The molecule has 1 heterocycles. The highest BCUT2D eigenvalue weighted by molar-refractivity contribution is 5.60. The van der Waals surface area contributed by atoms with Gasteiger partial charge in [-0.15, -0.1) is 0 Å². The molecule has 0 atom stereocenters. The van der Waals surface area contributed by atoms with Crippen LogP contribution in [-0.2, 0) is 4.74 Å². The molecule has 3 N–H and O–H groups in total. The van der Waals surface area contributed by atoms with Gasteiger partial charge in [0.15, 0.2) is 0 Å². The second kappa shape index (κ2) is 7.00. The Morgan fingerprint density at radius 3 is 2.71 bits per heavy atom. The van der Waals surface area contributed by atoms with Crippen molar-refractivity contribution in [1.82, 2.24) is 0 Å². The van der Waals surface area contributed by atoms with E-state index < -0.39 is 5.60 Å². The molecule has 1 aromatic carbocycles. The van der Waals surface area contributed by atoms with E-state index in [9.17, 15) is 5.11 Å². The third kappa shape index (κ3) is 4.51. The number of aliphatic hydroxyl groups is 1. The van der Waals surface area contributed by atoms with Crippen LogP contribution in [0.3, 0.4) is 0 Å². The third-order valence-corrected chi connectivity index (χ3v) is 3.78. The van der Waals surface area contributed by atoms with E-state index >= 15 is 0 Å². The Labute approximate surface area is 126 Å². The predicted octanol–water partition coefficient (Wildman–Crippen LogP) is 2.04. The van der Waals surface area contributed by atoms with Gasteiger partial charge in [-0.3, -0.25) is 0 Å². The molecular weight excluding hydrogens is 268 g/mol. The molecule has 0 radical (unpaired) electrons. The molecule has 0 bridgehead atoms. The van der Waals surface area contributed by atoms with Crippen LogP contribution in [-0.4, -0.2) is 44.1 Å². The van der Waals surface area contributed by atoms with Crippen molar-refractivity contribution in [3.63, 3.8) is 0 Å². The number of hydrogen-bond acceptors (Lipinski definition) is 5. The van der Waals surface area contributed by atoms with Crippen LogP contribution in [0.25, 0.3) is 0 Å². The SMILES string of the molecule is CCCOc1cc(N)cc(N(C)CC2(O)CCOCC2)c1. The van der Waals surface area contributed by atoms with Crippen molar-refractivity contribution in [3.8, 4) is 5.75 Å². The predicted molar refractivity (Wildman–Crippen MR) is 84.9 cm³/mol. The molecule has 5 heteroatoms. The molecule has 0 aromatic heterocycles. The van der Waals surface area contributed by atoms with Crippen molar-refractivity contribution >= 4 is 11.4 Å². The second-order valence-corrected chi connectivity index (χ2v) is 5.80. The zero-order valence-corrected chi connectivity index (χ0v) is 13.0. The summed E-state index contributed by atoms with van der Waals surface area (Å²) in [5, 5.41) is 10.6. The molecule has 5 nitrogen and oxygen atoms in total. The average Bonchev–Trinajstić information content (AvgIpc) is 2.45. The molecule has 1 aromatic rings. The average molecular weight is 294 g/mol. The summed E-state index contributed by atoms with van der Waals surface area (Å²) in [5.74, 6) is 0.776. The monoisotopic (exact) mass is 294 g/mol. The van der Waals surface area contributed by atoms with Gasteiger partial charge < -0.3 is 25.2 Å². The molecule has 0 spiro atoms. The normalized spacial score (nSPS) is 17.5. The lowest BCUT2D eigenvalue weighted by atomic mass is 9.94. The van der Waals surface area contributed by atoms with Crippen LogP contribution in [0.5, 0.6) is 5.75 Å². The van der Waals surface area contributed by atoms with Gasteiger partial charge in [0, 0.05) is 63.2 Å².